The minimum Gasteiger partial charge on any atom is -0.348 e. The molecule has 0 unspecified atom stereocenters. The number of hydrogen-bond donors (Lipinski definition) is 1. The quantitative estimate of drug-likeness (QED) is 0.766. The van der Waals surface area contributed by atoms with Gasteiger partial charge in [-0.05, 0) is 24.6 Å². The van der Waals surface area contributed by atoms with E-state index >= 15 is 0 Å². The Hall–Kier alpha value is -3.39. The van der Waals surface area contributed by atoms with Crippen molar-refractivity contribution in [2.24, 2.45) is 5.92 Å². The molecular formula is C25H29N5O3. The normalized spacial score (nSPS) is 26.3. The summed E-state index contributed by atoms with van der Waals surface area (Å²) in [5.41, 5.74) is 1.46. The van der Waals surface area contributed by atoms with Crippen molar-refractivity contribution in [3.05, 3.63) is 60.2 Å². The molecule has 0 bridgehead atoms. The third kappa shape index (κ3) is 3.12. The van der Waals surface area contributed by atoms with Crippen LogP contribution in [0.1, 0.15) is 12.0 Å². The number of hydrogen-bond acceptors (Lipinski definition) is 4. The standard InChI is InChI=1S/C25H29N5O3/c1-27(2)22(31)20-15-18-16-29(24(33)26-17-9-5-4-6-10-17)13-14-30(18)25(20)19-11-7-8-12-21(19)28(3)23(25)32/h4-12,18,20H,13-16H2,1-3H3,(H,26,33)/t18-,20+,25-/m1/s1. The van der Waals surface area contributed by atoms with E-state index in [4.69, 9.17) is 0 Å². The maximum absolute atomic E-state index is 13.9. The molecule has 1 spiro atoms. The summed E-state index contributed by atoms with van der Waals surface area (Å²) in [6.45, 7) is 1.48. The van der Waals surface area contributed by atoms with Crippen LogP contribution in [0.4, 0.5) is 16.2 Å². The van der Waals surface area contributed by atoms with Crippen molar-refractivity contribution >= 4 is 29.2 Å². The van der Waals surface area contributed by atoms with Gasteiger partial charge in [0, 0.05) is 63.8 Å². The fourth-order valence-corrected chi connectivity index (χ4v) is 5.85. The number of anilines is 2. The fourth-order valence-electron chi connectivity index (χ4n) is 5.85. The molecule has 2 saturated heterocycles. The zero-order valence-electron chi connectivity index (χ0n) is 19.2. The van der Waals surface area contributed by atoms with E-state index in [-0.39, 0.29) is 23.9 Å². The van der Waals surface area contributed by atoms with Crippen molar-refractivity contribution in [3.8, 4) is 0 Å². The van der Waals surface area contributed by atoms with Crippen LogP contribution >= 0.6 is 0 Å². The van der Waals surface area contributed by atoms with Crippen LogP contribution < -0.4 is 10.2 Å². The van der Waals surface area contributed by atoms with Crippen molar-refractivity contribution in [1.29, 1.82) is 0 Å². The number of piperazine rings is 1. The first-order chi connectivity index (χ1) is 15.9. The van der Waals surface area contributed by atoms with Gasteiger partial charge in [-0.2, -0.15) is 0 Å². The average Bonchev–Trinajstić information content (AvgIpc) is 3.28. The Morgan fingerprint density at radius 3 is 2.45 bits per heavy atom. The summed E-state index contributed by atoms with van der Waals surface area (Å²) in [4.78, 5) is 47.5. The Labute approximate surface area is 193 Å². The number of nitrogens with one attached hydrogen (secondary N) is 1. The van der Waals surface area contributed by atoms with Gasteiger partial charge in [-0.1, -0.05) is 36.4 Å². The minimum atomic E-state index is -1.03. The molecule has 5 rings (SSSR count). The molecule has 1 N–H and O–H groups in total. The first kappa shape index (κ1) is 21.5. The Kier molecular flexibility index (Phi) is 5.12. The van der Waals surface area contributed by atoms with Crippen molar-refractivity contribution in [1.82, 2.24) is 14.7 Å². The smallest absolute Gasteiger partial charge is 0.321 e. The third-order valence-corrected chi connectivity index (χ3v) is 7.31. The van der Waals surface area contributed by atoms with E-state index in [1.165, 1.54) is 0 Å². The number of likely N-dealkylation sites (N-methyl/N-ethyl adjacent to an activating group) is 1. The molecule has 172 valence electrons. The molecule has 0 radical (unpaired) electrons. The number of benzene rings is 2. The van der Waals surface area contributed by atoms with Crippen LogP contribution in [-0.2, 0) is 15.1 Å². The van der Waals surface area contributed by atoms with E-state index in [1.807, 2.05) is 54.6 Å². The molecule has 3 aliphatic heterocycles. The Balaban J connectivity index is 1.49. The molecule has 3 heterocycles. The van der Waals surface area contributed by atoms with E-state index in [2.05, 4.69) is 10.2 Å². The molecule has 3 atom stereocenters. The first-order valence-corrected chi connectivity index (χ1v) is 11.3. The summed E-state index contributed by atoms with van der Waals surface area (Å²) in [6, 6.07) is 16.9. The Morgan fingerprint density at radius 1 is 1.03 bits per heavy atom. The van der Waals surface area contributed by atoms with Crippen molar-refractivity contribution in [2.45, 2.75) is 18.0 Å². The van der Waals surface area contributed by atoms with Gasteiger partial charge in [0.2, 0.25) is 5.91 Å². The number of para-hydroxylation sites is 2. The zero-order valence-corrected chi connectivity index (χ0v) is 19.2. The van der Waals surface area contributed by atoms with Gasteiger partial charge in [-0.25, -0.2) is 4.79 Å². The summed E-state index contributed by atoms with van der Waals surface area (Å²) in [5, 5.41) is 2.95. The number of rotatable bonds is 2. The number of carbonyl (C=O) groups excluding carboxylic acids is 3. The maximum Gasteiger partial charge on any atom is 0.321 e. The molecule has 33 heavy (non-hydrogen) atoms. The van der Waals surface area contributed by atoms with Gasteiger partial charge in [0.1, 0.15) is 5.54 Å². The first-order valence-electron chi connectivity index (χ1n) is 11.3. The minimum absolute atomic E-state index is 0.0526. The summed E-state index contributed by atoms with van der Waals surface area (Å²) < 4.78 is 0. The lowest BCUT2D eigenvalue weighted by molar-refractivity contribution is -0.144. The van der Waals surface area contributed by atoms with Crippen LogP contribution in [0.2, 0.25) is 0 Å². The van der Waals surface area contributed by atoms with Crippen molar-refractivity contribution in [3.63, 3.8) is 0 Å². The Morgan fingerprint density at radius 2 is 1.73 bits per heavy atom. The van der Waals surface area contributed by atoms with E-state index < -0.39 is 11.5 Å². The fraction of sp³-hybridized carbons (Fsp3) is 0.400. The highest BCUT2D eigenvalue weighted by molar-refractivity contribution is 6.10. The number of urea groups is 1. The van der Waals surface area contributed by atoms with Crippen LogP contribution in [0.25, 0.3) is 0 Å². The van der Waals surface area contributed by atoms with Crippen LogP contribution in [0.15, 0.2) is 54.6 Å². The Bertz CT molecular complexity index is 1100. The molecule has 8 nitrogen and oxygen atoms in total. The molecule has 0 aromatic heterocycles. The molecule has 4 amide bonds. The van der Waals surface area contributed by atoms with E-state index in [0.29, 0.717) is 26.1 Å². The predicted molar refractivity (Wildman–Crippen MR) is 126 cm³/mol. The van der Waals surface area contributed by atoms with Gasteiger partial charge >= 0.3 is 6.03 Å². The summed E-state index contributed by atoms with van der Waals surface area (Å²) in [7, 11) is 5.26. The van der Waals surface area contributed by atoms with Crippen molar-refractivity contribution < 1.29 is 14.4 Å². The van der Waals surface area contributed by atoms with Gasteiger partial charge in [-0.3, -0.25) is 14.5 Å². The predicted octanol–water partition coefficient (Wildman–Crippen LogP) is 2.18. The average molecular weight is 448 g/mol. The van der Waals surface area contributed by atoms with Gasteiger partial charge in [0.25, 0.3) is 5.91 Å². The van der Waals surface area contributed by atoms with Gasteiger partial charge in [-0.15, -0.1) is 0 Å². The molecular weight excluding hydrogens is 418 g/mol. The molecule has 3 aliphatic rings. The van der Waals surface area contributed by atoms with E-state index in [9.17, 15) is 14.4 Å². The second-order valence-electron chi connectivity index (χ2n) is 9.26. The van der Waals surface area contributed by atoms with Gasteiger partial charge < -0.3 is 20.0 Å². The highest BCUT2D eigenvalue weighted by Crippen LogP contribution is 2.55. The molecule has 0 saturated carbocycles. The lowest BCUT2D eigenvalue weighted by Crippen LogP contribution is -2.62. The monoisotopic (exact) mass is 447 g/mol. The maximum atomic E-state index is 13.9. The van der Waals surface area contributed by atoms with Crippen LogP contribution in [-0.4, -0.2) is 79.4 Å². The molecule has 2 aromatic carbocycles. The SMILES string of the molecule is CN(C)C(=O)[C@@H]1C[C@@H]2CN(C(=O)Nc3ccccc3)CCN2[C@@]12C(=O)N(C)c1ccccc12. The molecule has 2 aromatic rings. The van der Waals surface area contributed by atoms with Crippen LogP contribution in [0.3, 0.4) is 0 Å². The summed E-state index contributed by atoms with van der Waals surface area (Å²) in [5.74, 6) is -0.620. The highest BCUT2D eigenvalue weighted by Gasteiger charge is 2.66. The molecule has 8 heteroatoms. The largest absolute Gasteiger partial charge is 0.348 e. The lowest BCUT2D eigenvalue weighted by Gasteiger charge is -2.44. The number of amides is 4. The molecule has 0 aliphatic carbocycles. The lowest BCUT2D eigenvalue weighted by atomic mass is 9.78. The summed E-state index contributed by atoms with van der Waals surface area (Å²) >= 11 is 0. The number of carbonyl (C=O) groups is 3. The van der Waals surface area contributed by atoms with Crippen LogP contribution in [0.5, 0.6) is 0 Å². The summed E-state index contributed by atoms with van der Waals surface area (Å²) in [6.07, 6.45) is 0.528. The highest BCUT2D eigenvalue weighted by atomic mass is 16.2. The molecule has 2 fully saturated rings. The van der Waals surface area contributed by atoms with Gasteiger partial charge in [0.15, 0.2) is 0 Å². The van der Waals surface area contributed by atoms with E-state index in [0.717, 1.165) is 16.9 Å². The second kappa shape index (κ2) is 7.88. The van der Waals surface area contributed by atoms with Crippen molar-refractivity contribution in [2.75, 3.05) is 51.0 Å². The zero-order chi connectivity index (χ0) is 23.3. The number of fused-ring (bicyclic) bond motifs is 4. The van der Waals surface area contributed by atoms with Crippen LogP contribution in [0, 0.1) is 5.92 Å². The van der Waals surface area contributed by atoms with Gasteiger partial charge in [0.05, 0.1) is 5.92 Å². The third-order valence-electron chi connectivity index (χ3n) is 7.31. The number of nitrogens with zero attached hydrogens (tertiary/aromatic N) is 4. The van der Waals surface area contributed by atoms with E-state index in [1.54, 1.807) is 35.8 Å². The second-order valence-corrected chi connectivity index (χ2v) is 9.26. The topological polar surface area (TPSA) is 76.2 Å².